The number of carboxylic acid groups (broad SMARTS) is 1. The predicted octanol–water partition coefficient (Wildman–Crippen LogP) is 2.03. The highest BCUT2D eigenvalue weighted by Gasteiger charge is 2.11. The van der Waals surface area contributed by atoms with Gasteiger partial charge in [-0.2, -0.15) is 0 Å². The summed E-state index contributed by atoms with van der Waals surface area (Å²) in [7, 11) is 0. The van der Waals surface area contributed by atoms with E-state index in [-0.39, 0.29) is 17.1 Å². The van der Waals surface area contributed by atoms with Crippen molar-refractivity contribution in [3.05, 3.63) is 29.3 Å². The quantitative estimate of drug-likeness (QED) is 0.515. The van der Waals surface area contributed by atoms with Gasteiger partial charge in [0.05, 0.1) is 0 Å². The van der Waals surface area contributed by atoms with E-state index in [1.54, 1.807) is 6.07 Å². The van der Waals surface area contributed by atoms with E-state index in [1.165, 1.54) is 39.0 Å². The van der Waals surface area contributed by atoms with Crippen LogP contribution in [-0.2, 0) is 14.4 Å². The Morgan fingerprint density at radius 3 is 2.05 bits per heavy atom. The molecule has 0 aromatic heterocycles. The number of carbonyl (C=O) groups is 3. The summed E-state index contributed by atoms with van der Waals surface area (Å²) in [4.78, 5) is 32.7. The molecule has 0 unspecified atom stereocenters. The fourth-order valence-electron chi connectivity index (χ4n) is 1.40. The number of benzene rings is 1. The lowest BCUT2D eigenvalue weighted by molar-refractivity contribution is -0.134. The Morgan fingerprint density at radius 2 is 1.55 bits per heavy atom. The van der Waals surface area contributed by atoms with Gasteiger partial charge in [0.2, 0.25) is 0 Å². The Bertz CT molecular complexity index is 585. The van der Waals surface area contributed by atoms with E-state index in [0.29, 0.717) is 5.56 Å². The summed E-state index contributed by atoms with van der Waals surface area (Å²) < 4.78 is 9.84. The van der Waals surface area contributed by atoms with E-state index >= 15 is 0 Å². The first-order valence-corrected chi connectivity index (χ1v) is 5.72. The molecule has 1 N–H and O–H groups in total. The number of esters is 2. The zero-order valence-corrected chi connectivity index (χ0v) is 11.3. The number of carboxylic acids is 1. The highest BCUT2D eigenvalue weighted by Crippen LogP contribution is 2.29. The van der Waals surface area contributed by atoms with Gasteiger partial charge in [-0.15, -0.1) is 0 Å². The van der Waals surface area contributed by atoms with Crippen molar-refractivity contribution in [3.8, 4) is 11.5 Å². The van der Waals surface area contributed by atoms with Gasteiger partial charge in [-0.25, -0.2) is 4.79 Å². The Labute approximate surface area is 115 Å². The highest BCUT2D eigenvalue weighted by molar-refractivity contribution is 5.91. The molecule has 0 saturated heterocycles. The van der Waals surface area contributed by atoms with Crippen molar-refractivity contribution >= 4 is 24.0 Å². The van der Waals surface area contributed by atoms with Crippen molar-refractivity contribution in [2.24, 2.45) is 0 Å². The van der Waals surface area contributed by atoms with Gasteiger partial charge in [0, 0.05) is 19.4 Å². The zero-order chi connectivity index (χ0) is 15.3. The second kappa shape index (κ2) is 6.51. The first kappa shape index (κ1) is 15.4. The molecule has 0 bridgehead atoms. The summed E-state index contributed by atoms with van der Waals surface area (Å²) >= 11 is 0. The molecule has 0 aliphatic carbocycles. The first-order chi connectivity index (χ1) is 9.29. The van der Waals surface area contributed by atoms with Crippen LogP contribution in [0.2, 0.25) is 0 Å². The molecule has 0 atom stereocenters. The lowest BCUT2D eigenvalue weighted by Gasteiger charge is -2.09. The average molecular weight is 278 g/mol. The van der Waals surface area contributed by atoms with E-state index in [1.807, 2.05) is 0 Å². The highest BCUT2D eigenvalue weighted by atomic mass is 16.6. The van der Waals surface area contributed by atoms with Crippen molar-refractivity contribution in [2.75, 3.05) is 0 Å². The van der Waals surface area contributed by atoms with Gasteiger partial charge >= 0.3 is 17.9 Å². The summed E-state index contributed by atoms with van der Waals surface area (Å²) in [6, 6.07) is 4.41. The minimum Gasteiger partial charge on any atom is -0.478 e. The van der Waals surface area contributed by atoms with Crippen LogP contribution >= 0.6 is 0 Å². The minimum absolute atomic E-state index is 0.0552. The van der Waals surface area contributed by atoms with Crippen molar-refractivity contribution < 1.29 is 29.0 Å². The lowest BCUT2D eigenvalue weighted by Crippen LogP contribution is -2.07. The van der Waals surface area contributed by atoms with Crippen LogP contribution in [0.4, 0.5) is 0 Å². The van der Waals surface area contributed by atoms with Gasteiger partial charge in [-0.1, -0.05) is 6.07 Å². The summed E-state index contributed by atoms with van der Waals surface area (Å²) in [5.41, 5.74) is 0.635. The maximum atomic E-state index is 11.0. The van der Waals surface area contributed by atoms with Crippen LogP contribution in [0.5, 0.6) is 11.5 Å². The zero-order valence-electron chi connectivity index (χ0n) is 11.3. The molecule has 0 spiro atoms. The van der Waals surface area contributed by atoms with Gasteiger partial charge in [0.15, 0.2) is 11.5 Å². The molecule has 0 amide bonds. The van der Waals surface area contributed by atoms with Crippen LogP contribution in [0.1, 0.15) is 26.3 Å². The molecule has 1 rings (SSSR count). The molecule has 6 nitrogen and oxygen atoms in total. The van der Waals surface area contributed by atoms with Crippen molar-refractivity contribution in [1.82, 2.24) is 0 Å². The van der Waals surface area contributed by atoms with Crippen molar-refractivity contribution in [2.45, 2.75) is 20.8 Å². The predicted molar refractivity (Wildman–Crippen MR) is 70.3 cm³/mol. The van der Waals surface area contributed by atoms with Crippen LogP contribution in [0.3, 0.4) is 0 Å². The molecule has 0 heterocycles. The molecular formula is C14H14O6. The van der Waals surface area contributed by atoms with E-state index < -0.39 is 17.9 Å². The molecule has 0 fully saturated rings. The lowest BCUT2D eigenvalue weighted by atomic mass is 10.1. The molecule has 1 aromatic carbocycles. The summed E-state index contributed by atoms with van der Waals surface area (Å²) in [5.74, 6) is -2.03. The Hall–Kier alpha value is -2.63. The molecule has 20 heavy (non-hydrogen) atoms. The summed E-state index contributed by atoms with van der Waals surface area (Å²) in [6.45, 7) is 3.87. The van der Waals surface area contributed by atoms with Crippen LogP contribution in [0.15, 0.2) is 23.8 Å². The smallest absolute Gasteiger partial charge is 0.331 e. The molecule has 106 valence electrons. The number of ether oxygens (including phenoxy) is 2. The number of rotatable bonds is 4. The third-order valence-electron chi connectivity index (χ3n) is 2.20. The van der Waals surface area contributed by atoms with E-state index in [4.69, 9.17) is 14.6 Å². The molecule has 0 aliphatic rings. The van der Waals surface area contributed by atoms with Gasteiger partial charge in [-0.3, -0.25) is 9.59 Å². The normalized spacial score (nSPS) is 10.8. The molecule has 0 aliphatic heterocycles. The summed E-state index contributed by atoms with van der Waals surface area (Å²) in [6.07, 6.45) is 1.41. The molecular weight excluding hydrogens is 264 g/mol. The van der Waals surface area contributed by atoms with Gasteiger partial charge in [0.1, 0.15) is 0 Å². The van der Waals surface area contributed by atoms with Gasteiger partial charge in [0.25, 0.3) is 0 Å². The second-order valence-electron chi connectivity index (χ2n) is 4.03. The second-order valence-corrected chi connectivity index (χ2v) is 4.03. The van der Waals surface area contributed by atoms with E-state index in [0.717, 1.165) is 0 Å². The molecule has 0 saturated carbocycles. The van der Waals surface area contributed by atoms with Crippen LogP contribution in [0.25, 0.3) is 6.08 Å². The Balaban J connectivity index is 3.19. The Morgan fingerprint density at radius 1 is 1.00 bits per heavy atom. The standard InChI is InChI=1S/C14H14O6/c1-8(14(17)18)6-11-4-5-12(19-9(2)15)13(7-11)20-10(3)16/h4-7H,1-3H3,(H,17,18)/b8-6-. The minimum atomic E-state index is -1.05. The maximum Gasteiger partial charge on any atom is 0.331 e. The fourth-order valence-corrected chi connectivity index (χ4v) is 1.40. The topological polar surface area (TPSA) is 89.9 Å². The SMILES string of the molecule is CC(=O)Oc1ccc(/C=C(/C)C(=O)O)cc1OC(C)=O. The van der Waals surface area contributed by atoms with Crippen molar-refractivity contribution in [3.63, 3.8) is 0 Å². The van der Waals surface area contributed by atoms with Gasteiger partial charge in [-0.05, 0) is 30.7 Å². The van der Waals surface area contributed by atoms with Crippen LogP contribution < -0.4 is 9.47 Å². The van der Waals surface area contributed by atoms with Crippen molar-refractivity contribution in [1.29, 1.82) is 0 Å². The monoisotopic (exact) mass is 278 g/mol. The first-order valence-electron chi connectivity index (χ1n) is 5.72. The van der Waals surface area contributed by atoms with E-state index in [2.05, 4.69) is 0 Å². The third-order valence-corrected chi connectivity index (χ3v) is 2.20. The number of hydrogen-bond acceptors (Lipinski definition) is 5. The van der Waals surface area contributed by atoms with Gasteiger partial charge < -0.3 is 14.6 Å². The fraction of sp³-hybridized carbons (Fsp3) is 0.214. The molecule has 6 heteroatoms. The molecule has 0 radical (unpaired) electrons. The number of aliphatic carboxylic acids is 1. The third kappa shape index (κ3) is 4.56. The number of carbonyl (C=O) groups excluding carboxylic acids is 2. The van der Waals surface area contributed by atoms with E-state index in [9.17, 15) is 14.4 Å². The van der Waals surface area contributed by atoms with Crippen LogP contribution in [-0.4, -0.2) is 23.0 Å². The summed E-state index contributed by atoms with van der Waals surface area (Å²) in [5, 5.41) is 8.81. The maximum absolute atomic E-state index is 11.0. The molecule has 1 aromatic rings. The Kier molecular flexibility index (Phi) is 5.02. The van der Waals surface area contributed by atoms with Crippen LogP contribution in [0, 0.1) is 0 Å². The largest absolute Gasteiger partial charge is 0.478 e. The average Bonchev–Trinajstić information content (AvgIpc) is 2.31. The number of hydrogen-bond donors (Lipinski definition) is 1.